The molecule has 19 heavy (non-hydrogen) atoms. The molecule has 1 saturated heterocycles. The van der Waals surface area contributed by atoms with Gasteiger partial charge in [0.1, 0.15) is 0 Å². The molecule has 108 valence electrons. The summed E-state index contributed by atoms with van der Waals surface area (Å²) >= 11 is 0. The fourth-order valence-corrected chi connectivity index (χ4v) is 3.71. The van der Waals surface area contributed by atoms with Gasteiger partial charge in [-0.1, -0.05) is 0 Å². The third-order valence-corrected chi connectivity index (χ3v) is 5.11. The van der Waals surface area contributed by atoms with Crippen LogP contribution in [0.1, 0.15) is 12.8 Å². The van der Waals surface area contributed by atoms with Crippen LogP contribution in [0.4, 0.5) is 0 Å². The van der Waals surface area contributed by atoms with Crippen LogP contribution in [-0.4, -0.2) is 55.1 Å². The number of nitrogens with zero attached hydrogens (tertiary/aromatic N) is 3. The van der Waals surface area contributed by atoms with Gasteiger partial charge in [-0.2, -0.15) is 0 Å². The van der Waals surface area contributed by atoms with Gasteiger partial charge in [0.2, 0.25) is 0 Å². The van der Waals surface area contributed by atoms with Gasteiger partial charge in [-0.15, -0.1) is 0 Å². The van der Waals surface area contributed by atoms with Crippen molar-refractivity contribution in [2.75, 3.05) is 26.7 Å². The Morgan fingerprint density at radius 3 is 2.53 bits per heavy atom. The quantitative estimate of drug-likeness (QED) is 0.750. The lowest BCUT2D eigenvalue weighted by Gasteiger charge is -2.39. The van der Waals surface area contributed by atoms with Crippen molar-refractivity contribution in [2.24, 2.45) is 12.8 Å². The zero-order valence-corrected chi connectivity index (χ0v) is 12.2. The summed E-state index contributed by atoms with van der Waals surface area (Å²) in [7, 11) is 0.150. The number of aromatic nitrogens is 2. The average molecular weight is 287 g/mol. The molecule has 0 bridgehead atoms. The fourth-order valence-electron chi connectivity index (χ4n) is 2.26. The van der Waals surface area contributed by atoms with E-state index in [1.165, 1.54) is 12.5 Å². The van der Waals surface area contributed by atoms with E-state index in [0.717, 1.165) is 13.1 Å². The number of imidazole rings is 1. The number of piperidine rings is 1. The molecule has 1 aromatic heterocycles. The Morgan fingerprint density at radius 1 is 1.42 bits per heavy atom. The Bertz CT molecular complexity index is 531. The van der Waals surface area contributed by atoms with Crippen molar-refractivity contribution in [2.45, 2.75) is 23.4 Å². The highest BCUT2D eigenvalue weighted by Gasteiger charge is 2.37. The molecule has 0 unspecified atom stereocenters. The maximum Gasteiger partial charge on any atom is 0.260 e. The van der Waals surface area contributed by atoms with Crippen molar-refractivity contribution in [1.82, 2.24) is 19.2 Å². The average Bonchev–Trinajstić information content (AvgIpc) is 2.80. The molecule has 1 aliphatic heterocycles. The number of nitrogens with one attached hydrogen (secondary N) is 1. The summed E-state index contributed by atoms with van der Waals surface area (Å²) in [4.78, 5) is 6.06. The van der Waals surface area contributed by atoms with Gasteiger partial charge in [-0.25, -0.2) is 18.1 Å². The molecule has 0 aromatic carbocycles. The van der Waals surface area contributed by atoms with Crippen molar-refractivity contribution in [3.8, 4) is 0 Å². The third-order valence-electron chi connectivity index (χ3n) is 3.64. The van der Waals surface area contributed by atoms with Crippen LogP contribution < -0.4 is 10.5 Å². The zero-order valence-electron chi connectivity index (χ0n) is 11.3. The van der Waals surface area contributed by atoms with E-state index < -0.39 is 15.6 Å². The molecule has 0 aliphatic carbocycles. The maximum atomic E-state index is 12.3. The standard InChI is InChI=1S/C11H21N5O2S/c1-15-5-3-11(8-12,4-6-15)14-19(17,18)10-7-16(2)9-13-10/h7,9,14H,3-6,8,12H2,1-2H3. The molecule has 2 rings (SSSR count). The third kappa shape index (κ3) is 3.14. The lowest BCUT2D eigenvalue weighted by Crippen LogP contribution is -2.58. The van der Waals surface area contributed by atoms with E-state index >= 15 is 0 Å². The van der Waals surface area contributed by atoms with Crippen molar-refractivity contribution in [1.29, 1.82) is 0 Å². The van der Waals surface area contributed by atoms with Crippen LogP contribution in [0.25, 0.3) is 0 Å². The molecule has 0 saturated carbocycles. The molecule has 0 radical (unpaired) electrons. The molecule has 1 fully saturated rings. The fraction of sp³-hybridized carbons (Fsp3) is 0.727. The number of hydrogen-bond acceptors (Lipinski definition) is 5. The number of likely N-dealkylation sites (tertiary alicyclic amines) is 1. The van der Waals surface area contributed by atoms with Crippen LogP contribution in [0, 0.1) is 0 Å². The van der Waals surface area contributed by atoms with Crippen LogP contribution in [0.5, 0.6) is 0 Å². The normalized spacial score (nSPS) is 20.6. The van der Waals surface area contributed by atoms with E-state index in [1.807, 2.05) is 7.05 Å². The number of aryl methyl sites for hydroxylation is 1. The number of hydrogen-bond donors (Lipinski definition) is 2. The molecule has 1 aromatic rings. The van der Waals surface area contributed by atoms with Crippen molar-refractivity contribution in [3.05, 3.63) is 12.5 Å². The number of rotatable bonds is 4. The summed E-state index contributed by atoms with van der Waals surface area (Å²) in [6.45, 7) is 1.97. The highest BCUT2D eigenvalue weighted by Crippen LogP contribution is 2.22. The minimum absolute atomic E-state index is 0.0433. The molecule has 1 aliphatic rings. The summed E-state index contributed by atoms with van der Waals surface area (Å²) in [5, 5.41) is 0.0433. The topological polar surface area (TPSA) is 93.3 Å². The molecule has 0 atom stereocenters. The van der Waals surface area contributed by atoms with E-state index in [9.17, 15) is 8.42 Å². The van der Waals surface area contributed by atoms with Crippen LogP contribution in [-0.2, 0) is 17.1 Å². The number of nitrogens with two attached hydrogens (primary N) is 1. The zero-order chi connectivity index (χ0) is 14.1. The van der Waals surface area contributed by atoms with Crippen molar-refractivity contribution in [3.63, 3.8) is 0 Å². The monoisotopic (exact) mass is 287 g/mol. The van der Waals surface area contributed by atoms with E-state index in [-0.39, 0.29) is 5.03 Å². The summed E-state index contributed by atoms with van der Waals surface area (Å²) < 4.78 is 29.0. The van der Waals surface area contributed by atoms with E-state index in [4.69, 9.17) is 5.73 Å². The van der Waals surface area contributed by atoms with Gasteiger partial charge in [0, 0.05) is 25.3 Å². The Hall–Kier alpha value is -0.960. The minimum atomic E-state index is -3.61. The Balaban J connectivity index is 2.18. The molecule has 3 N–H and O–H groups in total. The largest absolute Gasteiger partial charge is 0.339 e. The summed E-state index contributed by atoms with van der Waals surface area (Å²) in [5.74, 6) is 0. The van der Waals surface area contributed by atoms with E-state index in [1.54, 1.807) is 11.6 Å². The first kappa shape index (κ1) is 14.4. The van der Waals surface area contributed by atoms with Gasteiger partial charge in [0.25, 0.3) is 10.0 Å². The first-order valence-corrected chi connectivity index (χ1v) is 7.76. The van der Waals surface area contributed by atoms with Crippen LogP contribution in [0.15, 0.2) is 17.6 Å². The van der Waals surface area contributed by atoms with Gasteiger partial charge in [-0.05, 0) is 33.0 Å². The first-order chi connectivity index (χ1) is 8.87. The smallest absolute Gasteiger partial charge is 0.260 e. The molecule has 7 nitrogen and oxygen atoms in total. The van der Waals surface area contributed by atoms with E-state index in [0.29, 0.717) is 19.4 Å². The summed E-state index contributed by atoms with van der Waals surface area (Å²) in [6.07, 6.45) is 4.39. The van der Waals surface area contributed by atoms with E-state index in [2.05, 4.69) is 14.6 Å². The highest BCUT2D eigenvalue weighted by molar-refractivity contribution is 7.89. The molecule has 0 spiro atoms. The van der Waals surface area contributed by atoms with Crippen LogP contribution in [0.2, 0.25) is 0 Å². The Kier molecular flexibility index (Phi) is 3.95. The second kappa shape index (κ2) is 5.20. The molecular weight excluding hydrogens is 266 g/mol. The predicted molar refractivity (Wildman–Crippen MR) is 72.0 cm³/mol. The highest BCUT2D eigenvalue weighted by atomic mass is 32.2. The summed E-state index contributed by atoms with van der Waals surface area (Å²) in [6, 6.07) is 0. The van der Waals surface area contributed by atoms with Crippen molar-refractivity contribution >= 4 is 10.0 Å². The van der Waals surface area contributed by atoms with Gasteiger partial charge >= 0.3 is 0 Å². The van der Waals surface area contributed by atoms with Gasteiger partial charge < -0.3 is 15.2 Å². The van der Waals surface area contributed by atoms with Gasteiger partial charge in [0.15, 0.2) is 5.03 Å². The van der Waals surface area contributed by atoms with Gasteiger partial charge in [0.05, 0.1) is 6.33 Å². The second-order valence-electron chi connectivity index (χ2n) is 5.27. The van der Waals surface area contributed by atoms with Crippen molar-refractivity contribution < 1.29 is 8.42 Å². The SMILES string of the molecule is CN1CCC(CN)(NS(=O)(=O)c2cn(C)cn2)CC1. The minimum Gasteiger partial charge on any atom is -0.339 e. The molecule has 8 heteroatoms. The van der Waals surface area contributed by atoms with Gasteiger partial charge in [-0.3, -0.25) is 0 Å². The van der Waals surface area contributed by atoms with Crippen LogP contribution >= 0.6 is 0 Å². The molecule has 0 amide bonds. The van der Waals surface area contributed by atoms with Crippen LogP contribution in [0.3, 0.4) is 0 Å². The molecule has 2 heterocycles. The lowest BCUT2D eigenvalue weighted by molar-refractivity contribution is 0.182. The number of sulfonamides is 1. The predicted octanol–water partition coefficient (Wildman–Crippen LogP) is -0.878. The second-order valence-corrected chi connectivity index (χ2v) is 6.90. The maximum absolute atomic E-state index is 12.3. The Labute approximate surface area is 113 Å². The first-order valence-electron chi connectivity index (χ1n) is 6.27. The summed E-state index contributed by atoms with van der Waals surface area (Å²) in [5.41, 5.74) is 5.25. The molecular formula is C11H21N5O2S. The Morgan fingerprint density at radius 2 is 2.05 bits per heavy atom. The lowest BCUT2D eigenvalue weighted by atomic mass is 9.89.